The van der Waals surface area contributed by atoms with Gasteiger partial charge in [0, 0.05) is 12.1 Å². The Morgan fingerprint density at radius 1 is 0.950 bits per heavy atom. The first-order valence-corrected chi connectivity index (χ1v) is 4.64. The molecular formula is C9H4F7NO3. The standard InChI is InChI=1S/C9H4F7NO3/c10-7(11,8(12,13)14)9(15,16)20-6-3-1-5(2-4-6)17(18)19/h1-4H. The van der Waals surface area contributed by atoms with Gasteiger partial charge in [0.25, 0.3) is 5.69 Å². The molecule has 0 unspecified atom stereocenters. The molecule has 0 aliphatic heterocycles. The lowest BCUT2D eigenvalue weighted by Crippen LogP contribution is -2.55. The highest BCUT2D eigenvalue weighted by molar-refractivity contribution is 5.36. The van der Waals surface area contributed by atoms with Crippen molar-refractivity contribution in [2.24, 2.45) is 0 Å². The fourth-order valence-corrected chi connectivity index (χ4v) is 1.01. The summed E-state index contributed by atoms with van der Waals surface area (Å²) in [7, 11) is 0. The number of hydrogen-bond donors (Lipinski definition) is 0. The van der Waals surface area contributed by atoms with Gasteiger partial charge in [-0.2, -0.15) is 30.7 Å². The Labute approximate surface area is 105 Å². The second-order valence-corrected chi connectivity index (χ2v) is 3.44. The highest BCUT2D eigenvalue weighted by atomic mass is 19.4. The second kappa shape index (κ2) is 4.80. The number of nitrogens with zero attached hydrogens (tertiary/aromatic N) is 1. The quantitative estimate of drug-likeness (QED) is 0.483. The topological polar surface area (TPSA) is 52.4 Å². The van der Waals surface area contributed by atoms with E-state index in [-0.39, 0.29) is 0 Å². The maximum Gasteiger partial charge on any atom is 0.474 e. The minimum absolute atomic E-state index is 0.471. The van der Waals surface area contributed by atoms with Crippen LogP contribution >= 0.6 is 0 Å². The van der Waals surface area contributed by atoms with Gasteiger partial charge < -0.3 is 4.74 Å². The van der Waals surface area contributed by atoms with Crippen LogP contribution < -0.4 is 4.74 Å². The van der Waals surface area contributed by atoms with Crippen molar-refractivity contribution in [3.63, 3.8) is 0 Å². The summed E-state index contributed by atoms with van der Waals surface area (Å²) in [4.78, 5) is 9.31. The average Bonchev–Trinajstić information content (AvgIpc) is 2.27. The molecule has 1 rings (SSSR count). The molecule has 0 saturated carbocycles. The van der Waals surface area contributed by atoms with E-state index in [4.69, 9.17) is 0 Å². The van der Waals surface area contributed by atoms with Gasteiger partial charge in [-0.25, -0.2) is 0 Å². The van der Waals surface area contributed by atoms with Crippen molar-refractivity contribution in [1.82, 2.24) is 0 Å². The van der Waals surface area contributed by atoms with Crippen LogP contribution in [0.25, 0.3) is 0 Å². The van der Waals surface area contributed by atoms with Gasteiger partial charge in [0.15, 0.2) is 0 Å². The highest BCUT2D eigenvalue weighted by Crippen LogP contribution is 2.47. The summed E-state index contributed by atoms with van der Waals surface area (Å²) >= 11 is 0. The van der Waals surface area contributed by atoms with Crippen LogP contribution in [0.5, 0.6) is 5.75 Å². The summed E-state index contributed by atoms with van der Waals surface area (Å²) in [6.07, 6.45) is -12.4. The van der Waals surface area contributed by atoms with Gasteiger partial charge in [0.1, 0.15) is 5.75 Å². The SMILES string of the molecule is O=[N+]([O-])c1ccc(OC(F)(F)C(F)(F)C(F)(F)F)cc1. The zero-order valence-corrected chi connectivity index (χ0v) is 9.13. The van der Waals surface area contributed by atoms with E-state index in [1.807, 2.05) is 0 Å². The van der Waals surface area contributed by atoms with Crippen molar-refractivity contribution < 1.29 is 40.4 Å². The van der Waals surface area contributed by atoms with Crippen LogP contribution in [0, 0.1) is 10.1 Å². The number of non-ortho nitro benzene ring substituents is 1. The molecule has 20 heavy (non-hydrogen) atoms. The van der Waals surface area contributed by atoms with Crippen LogP contribution in [0.4, 0.5) is 36.4 Å². The zero-order chi connectivity index (χ0) is 15.8. The van der Waals surface area contributed by atoms with Crippen molar-refractivity contribution in [3.05, 3.63) is 34.4 Å². The predicted molar refractivity (Wildman–Crippen MR) is 49.7 cm³/mol. The Balaban J connectivity index is 2.99. The molecule has 1 aromatic carbocycles. The molecule has 0 amide bonds. The normalized spacial score (nSPS) is 13.2. The van der Waals surface area contributed by atoms with Crippen LogP contribution in [0.1, 0.15) is 0 Å². The number of rotatable bonds is 4. The molecule has 0 fully saturated rings. The van der Waals surface area contributed by atoms with Crippen LogP contribution in [-0.4, -0.2) is 23.1 Å². The van der Waals surface area contributed by atoms with Gasteiger partial charge in [0.05, 0.1) is 4.92 Å². The van der Waals surface area contributed by atoms with Crippen LogP contribution in [0.15, 0.2) is 24.3 Å². The molecule has 112 valence electrons. The smallest absolute Gasteiger partial charge is 0.428 e. The van der Waals surface area contributed by atoms with E-state index in [1.54, 1.807) is 0 Å². The van der Waals surface area contributed by atoms with Crippen LogP contribution in [0.3, 0.4) is 0 Å². The number of hydrogen-bond acceptors (Lipinski definition) is 3. The number of alkyl halides is 7. The number of benzene rings is 1. The number of nitro benzene ring substituents is 1. The lowest BCUT2D eigenvalue weighted by Gasteiger charge is -2.27. The lowest BCUT2D eigenvalue weighted by molar-refractivity contribution is -0.403. The maximum absolute atomic E-state index is 12.8. The Hall–Kier alpha value is -2.07. The molecule has 4 nitrogen and oxygen atoms in total. The summed E-state index contributed by atoms with van der Waals surface area (Å²) in [5.74, 6) is -7.49. The molecule has 0 aliphatic rings. The number of ether oxygens (including phenoxy) is 1. The van der Waals surface area contributed by atoms with Gasteiger partial charge >= 0.3 is 18.2 Å². The lowest BCUT2D eigenvalue weighted by atomic mass is 10.3. The third-order valence-electron chi connectivity index (χ3n) is 2.02. The molecule has 0 radical (unpaired) electrons. The fourth-order valence-electron chi connectivity index (χ4n) is 1.01. The Morgan fingerprint density at radius 2 is 1.40 bits per heavy atom. The molecular weight excluding hydrogens is 303 g/mol. The molecule has 0 heterocycles. The molecule has 0 aliphatic carbocycles. The largest absolute Gasteiger partial charge is 0.474 e. The summed E-state index contributed by atoms with van der Waals surface area (Å²) in [5.41, 5.74) is -0.580. The van der Waals surface area contributed by atoms with Crippen molar-refractivity contribution >= 4 is 5.69 Å². The van der Waals surface area contributed by atoms with Crippen molar-refractivity contribution in [1.29, 1.82) is 0 Å². The minimum atomic E-state index is -6.52. The van der Waals surface area contributed by atoms with Gasteiger partial charge in [-0.1, -0.05) is 0 Å². The van der Waals surface area contributed by atoms with E-state index in [0.717, 1.165) is 0 Å². The van der Waals surface area contributed by atoms with E-state index >= 15 is 0 Å². The Kier molecular flexibility index (Phi) is 3.83. The van der Waals surface area contributed by atoms with E-state index < -0.39 is 34.6 Å². The number of nitro groups is 1. The molecule has 0 bridgehead atoms. The summed E-state index contributed by atoms with van der Waals surface area (Å²) in [5, 5.41) is 10.2. The van der Waals surface area contributed by atoms with E-state index in [1.165, 1.54) is 0 Å². The van der Waals surface area contributed by atoms with Gasteiger partial charge in [0.2, 0.25) is 0 Å². The van der Waals surface area contributed by atoms with Gasteiger partial charge in [-0.3, -0.25) is 10.1 Å². The third kappa shape index (κ3) is 2.91. The highest BCUT2D eigenvalue weighted by Gasteiger charge is 2.75. The molecule has 0 spiro atoms. The monoisotopic (exact) mass is 307 g/mol. The van der Waals surface area contributed by atoms with Crippen molar-refractivity contribution in [2.45, 2.75) is 18.2 Å². The molecule has 0 atom stereocenters. The molecule has 11 heteroatoms. The van der Waals surface area contributed by atoms with Crippen molar-refractivity contribution in [2.75, 3.05) is 0 Å². The van der Waals surface area contributed by atoms with Crippen LogP contribution in [0.2, 0.25) is 0 Å². The number of halogens is 7. The van der Waals surface area contributed by atoms with E-state index in [0.29, 0.717) is 24.3 Å². The van der Waals surface area contributed by atoms with E-state index in [2.05, 4.69) is 4.74 Å². The Morgan fingerprint density at radius 3 is 1.75 bits per heavy atom. The van der Waals surface area contributed by atoms with E-state index in [9.17, 15) is 40.8 Å². The Bertz CT molecular complexity index is 497. The first-order valence-electron chi connectivity index (χ1n) is 4.64. The first-order chi connectivity index (χ1) is 8.88. The summed E-state index contributed by atoms with van der Waals surface area (Å²) < 4.78 is 89.3. The first kappa shape index (κ1) is 16.0. The molecule has 0 N–H and O–H groups in total. The molecule has 0 aromatic heterocycles. The fraction of sp³-hybridized carbons (Fsp3) is 0.333. The van der Waals surface area contributed by atoms with Gasteiger partial charge in [-0.15, -0.1) is 0 Å². The summed E-state index contributed by atoms with van der Waals surface area (Å²) in [6, 6.07) is 2.16. The third-order valence-corrected chi connectivity index (χ3v) is 2.02. The van der Waals surface area contributed by atoms with Gasteiger partial charge in [-0.05, 0) is 12.1 Å². The zero-order valence-electron chi connectivity index (χ0n) is 9.13. The summed E-state index contributed by atoms with van der Waals surface area (Å²) in [6.45, 7) is 0. The maximum atomic E-state index is 12.8. The average molecular weight is 307 g/mol. The van der Waals surface area contributed by atoms with Crippen molar-refractivity contribution in [3.8, 4) is 5.75 Å². The predicted octanol–water partition coefficient (Wildman–Crippen LogP) is 3.76. The molecule has 1 aromatic rings. The minimum Gasteiger partial charge on any atom is -0.428 e. The van der Waals surface area contributed by atoms with Crippen LogP contribution in [-0.2, 0) is 0 Å². The molecule has 0 saturated heterocycles. The second-order valence-electron chi connectivity index (χ2n) is 3.44.